The summed E-state index contributed by atoms with van der Waals surface area (Å²) in [6.07, 6.45) is 8.86. The van der Waals surface area contributed by atoms with E-state index in [2.05, 4.69) is 33.0 Å². The fraction of sp³-hybridized carbons (Fsp3) is 0.605. The summed E-state index contributed by atoms with van der Waals surface area (Å²) in [5, 5.41) is 6.72. The van der Waals surface area contributed by atoms with Gasteiger partial charge in [0.05, 0.1) is 11.9 Å². The van der Waals surface area contributed by atoms with Crippen LogP contribution < -0.4 is 20.1 Å². The maximum Gasteiger partial charge on any atom is 0.407 e. The van der Waals surface area contributed by atoms with Crippen LogP contribution in [0.2, 0.25) is 0 Å². The summed E-state index contributed by atoms with van der Waals surface area (Å²) < 4.78 is 45.8. The van der Waals surface area contributed by atoms with E-state index in [4.69, 9.17) is 14.2 Å². The van der Waals surface area contributed by atoms with E-state index >= 15 is 0 Å². The van der Waals surface area contributed by atoms with Gasteiger partial charge >= 0.3 is 6.09 Å². The quantitative estimate of drug-likeness (QED) is 0.337. The summed E-state index contributed by atoms with van der Waals surface area (Å²) in [5.41, 5.74) is -0.482. The first-order valence-electron chi connectivity index (χ1n) is 18.9. The van der Waals surface area contributed by atoms with E-state index in [0.29, 0.717) is 38.0 Å². The van der Waals surface area contributed by atoms with Gasteiger partial charge in [0.2, 0.25) is 27.7 Å². The number of methoxy groups -OCH3 is 1. The molecule has 3 heterocycles. The molecule has 0 radical (unpaired) electrons. The van der Waals surface area contributed by atoms with E-state index in [9.17, 15) is 27.6 Å². The van der Waals surface area contributed by atoms with Crippen molar-refractivity contribution in [2.45, 2.75) is 119 Å². The molecular weight excluding hydrogens is 703 g/mol. The number of carbonyl (C=O) groups is 4. The summed E-state index contributed by atoms with van der Waals surface area (Å²) in [4.78, 5) is 62.1. The lowest BCUT2D eigenvalue weighted by molar-refractivity contribution is -0.155. The van der Waals surface area contributed by atoms with E-state index < -0.39 is 75.0 Å². The van der Waals surface area contributed by atoms with Crippen LogP contribution in [0.5, 0.6) is 5.88 Å². The summed E-state index contributed by atoms with van der Waals surface area (Å²) in [5.74, 6) is -2.48. The van der Waals surface area contributed by atoms with Gasteiger partial charge in [-0.2, -0.15) is 0 Å². The van der Waals surface area contributed by atoms with Crippen LogP contribution in [-0.4, -0.2) is 91.0 Å². The number of amides is 4. The minimum Gasteiger partial charge on any atom is -0.469 e. The Labute approximate surface area is 309 Å². The van der Waals surface area contributed by atoms with Crippen LogP contribution in [0.1, 0.15) is 82.6 Å². The van der Waals surface area contributed by atoms with E-state index in [1.54, 1.807) is 6.20 Å². The zero-order valence-corrected chi connectivity index (χ0v) is 30.9. The molecule has 1 aromatic heterocycles. The number of carbonyl (C=O) groups excluding carboxylic acids is 4. The molecule has 4 bridgehead atoms. The first-order valence-corrected chi connectivity index (χ1v) is 20.4. The van der Waals surface area contributed by atoms with Crippen LogP contribution in [0.15, 0.2) is 43.1 Å². The first-order chi connectivity index (χ1) is 25.5. The van der Waals surface area contributed by atoms with Crippen molar-refractivity contribution in [2.24, 2.45) is 11.8 Å². The lowest BCUT2D eigenvalue weighted by atomic mass is 9.83. The Balaban J connectivity index is 1.25. The number of aryl methyl sites for hydroxylation is 1. The fourth-order valence-corrected chi connectivity index (χ4v) is 9.61. The molecule has 53 heavy (non-hydrogen) atoms. The number of nitrogens with zero attached hydrogens (tertiary/aromatic N) is 2. The highest BCUT2D eigenvalue weighted by Gasteiger charge is 2.62. The second-order valence-electron chi connectivity index (χ2n) is 15.1. The monoisotopic (exact) mass is 751 g/mol. The Morgan fingerprint density at radius 3 is 2.57 bits per heavy atom. The maximum absolute atomic E-state index is 14.9. The summed E-state index contributed by atoms with van der Waals surface area (Å²) >= 11 is 0. The number of sulfonamides is 1. The SMILES string of the molecule is C=C[C@@H]1C[C@]1(NC(=O)[C@@H]1C[C@H]2Oc3nccc4ccc(cc34)CCCCCOC(=O)N[C@@H](C3CCCCC3)C(=O)N1C2OC)C(=O)NS(=O)(=O)C1CC1. The summed E-state index contributed by atoms with van der Waals surface area (Å²) in [6, 6.07) is 5.76. The predicted molar refractivity (Wildman–Crippen MR) is 194 cm³/mol. The second kappa shape index (κ2) is 15.2. The highest BCUT2D eigenvalue weighted by atomic mass is 32.2. The molecule has 4 amide bonds. The van der Waals surface area contributed by atoms with E-state index in [1.165, 1.54) is 18.1 Å². The van der Waals surface area contributed by atoms with Gasteiger partial charge in [-0.3, -0.25) is 24.0 Å². The number of benzene rings is 1. The number of hydrogen-bond donors (Lipinski definition) is 3. The molecule has 3 saturated carbocycles. The summed E-state index contributed by atoms with van der Waals surface area (Å²) in [6.45, 7) is 3.99. The highest BCUT2D eigenvalue weighted by Crippen LogP contribution is 2.46. The van der Waals surface area contributed by atoms with Crippen molar-refractivity contribution in [2.75, 3.05) is 13.7 Å². The summed E-state index contributed by atoms with van der Waals surface area (Å²) in [7, 11) is -2.48. The Kier molecular flexibility index (Phi) is 10.7. The van der Waals surface area contributed by atoms with Gasteiger partial charge in [-0.25, -0.2) is 18.2 Å². The van der Waals surface area contributed by atoms with Crippen LogP contribution in [0.3, 0.4) is 0 Å². The molecule has 3 aliphatic carbocycles. The zero-order chi connectivity index (χ0) is 37.3. The number of cyclic esters (lactones) is 1. The Hall–Kier alpha value is -4.24. The van der Waals surface area contributed by atoms with Gasteiger partial charge in [0.15, 0.2) is 6.23 Å². The normalized spacial score (nSPS) is 30.0. The number of alkyl carbamates (subject to hydrolysis) is 1. The molecule has 2 aromatic rings. The van der Waals surface area contributed by atoms with Crippen LogP contribution in [0.25, 0.3) is 10.8 Å². The predicted octanol–water partition coefficient (Wildman–Crippen LogP) is 3.63. The van der Waals surface area contributed by atoms with E-state index in [-0.39, 0.29) is 25.4 Å². The fourth-order valence-electron chi connectivity index (χ4n) is 8.24. The van der Waals surface area contributed by atoms with E-state index in [1.807, 2.05) is 18.2 Å². The topological polar surface area (TPSA) is 182 Å². The Morgan fingerprint density at radius 2 is 1.85 bits per heavy atom. The third-order valence-corrected chi connectivity index (χ3v) is 13.3. The van der Waals surface area contributed by atoms with Crippen LogP contribution >= 0.6 is 0 Å². The smallest absolute Gasteiger partial charge is 0.407 e. The van der Waals surface area contributed by atoms with Gasteiger partial charge in [-0.1, -0.05) is 37.5 Å². The largest absolute Gasteiger partial charge is 0.469 e. The minimum absolute atomic E-state index is 0.0352. The molecule has 14 nitrogen and oxygen atoms in total. The molecule has 1 unspecified atom stereocenters. The van der Waals surface area contributed by atoms with Gasteiger partial charge in [0.1, 0.15) is 23.7 Å². The maximum atomic E-state index is 14.9. The molecule has 1 aromatic carbocycles. The average Bonchev–Trinajstić information content (AvgIpc) is 4.09. The van der Waals surface area contributed by atoms with Crippen molar-refractivity contribution in [1.82, 2.24) is 25.2 Å². The number of aromatic nitrogens is 1. The van der Waals surface area contributed by atoms with Crippen molar-refractivity contribution in [3.8, 4) is 5.88 Å². The second-order valence-corrected chi connectivity index (χ2v) is 17.1. The van der Waals surface area contributed by atoms with Gasteiger partial charge in [-0.05, 0) is 86.8 Å². The molecule has 6 atom stereocenters. The van der Waals surface area contributed by atoms with Crippen LogP contribution in [0, 0.1) is 11.8 Å². The Morgan fingerprint density at radius 1 is 1.08 bits per heavy atom. The molecule has 5 aliphatic rings. The molecule has 7 rings (SSSR count). The lowest BCUT2D eigenvalue weighted by Crippen LogP contribution is -2.61. The standard InChI is InChI=1S/C38H49N5O9S/c1-3-26-22-38(26,36(46)42-53(48,49)27-15-16-27)41-32(44)29-21-30-35(50-2)43(29)34(45)31(25-11-7-4-8-12-25)40-37(47)51-19-9-5-6-10-23-13-14-24-17-18-39-33(52-30)28(24)20-23/h3,13-14,17-18,20,25-27,29-31,35H,1,4-12,15-16,19,21-22H2,2H3,(H,40,47)(H,41,44)(H,42,46)/t26-,29+,30-,31+,35?,38-/m1/s1. The molecule has 2 aliphatic heterocycles. The van der Waals surface area contributed by atoms with Crippen molar-refractivity contribution >= 4 is 44.6 Å². The number of fused-ring (bicyclic) bond motifs is 3. The van der Waals surface area contributed by atoms with Gasteiger partial charge < -0.3 is 24.8 Å². The number of rotatable bonds is 8. The molecular formula is C38H49N5O9S. The third-order valence-electron chi connectivity index (χ3n) is 11.5. The van der Waals surface area contributed by atoms with Gasteiger partial charge in [-0.15, -0.1) is 6.58 Å². The lowest BCUT2D eigenvalue weighted by Gasteiger charge is -2.37. The van der Waals surface area contributed by atoms with Crippen molar-refractivity contribution < 1.29 is 41.8 Å². The van der Waals surface area contributed by atoms with Crippen molar-refractivity contribution in [3.05, 3.63) is 48.7 Å². The zero-order valence-electron chi connectivity index (χ0n) is 30.1. The number of nitrogens with one attached hydrogen (secondary N) is 3. The molecule has 1 saturated heterocycles. The third kappa shape index (κ3) is 7.73. The molecule has 0 spiro atoms. The number of ether oxygens (including phenoxy) is 3. The Bertz CT molecular complexity index is 1860. The van der Waals surface area contributed by atoms with Crippen LogP contribution in [-0.2, 0) is 40.3 Å². The highest BCUT2D eigenvalue weighted by molar-refractivity contribution is 7.91. The molecule has 286 valence electrons. The van der Waals surface area contributed by atoms with Crippen molar-refractivity contribution in [1.29, 1.82) is 0 Å². The number of pyridine rings is 1. The average molecular weight is 752 g/mol. The first kappa shape index (κ1) is 37.1. The molecule has 15 heteroatoms. The van der Waals surface area contributed by atoms with Gasteiger partial charge in [0.25, 0.3) is 5.91 Å². The van der Waals surface area contributed by atoms with Crippen LogP contribution in [0.4, 0.5) is 4.79 Å². The number of hydrogen-bond acceptors (Lipinski definition) is 10. The molecule has 3 N–H and O–H groups in total. The minimum atomic E-state index is -3.91. The van der Waals surface area contributed by atoms with Gasteiger partial charge in [0, 0.05) is 31.0 Å². The molecule has 4 fully saturated rings. The van der Waals surface area contributed by atoms with E-state index in [0.717, 1.165) is 54.9 Å². The van der Waals surface area contributed by atoms with Crippen molar-refractivity contribution in [3.63, 3.8) is 0 Å².